The van der Waals surface area contributed by atoms with Gasteiger partial charge in [0.2, 0.25) is 0 Å². The molecule has 0 amide bonds. The van der Waals surface area contributed by atoms with E-state index in [1.54, 1.807) is 81.0 Å². The Hall–Kier alpha value is -5.30. The van der Waals surface area contributed by atoms with Crippen LogP contribution in [0.1, 0.15) is 26.3 Å². The van der Waals surface area contributed by atoms with Crippen molar-refractivity contribution in [3.05, 3.63) is 114 Å². The molecule has 0 atom stereocenters. The maximum absolute atomic E-state index is 13.4. The van der Waals surface area contributed by atoms with Crippen molar-refractivity contribution >= 4 is 28.8 Å². The maximum atomic E-state index is 13.4. The van der Waals surface area contributed by atoms with Crippen LogP contribution in [0.4, 0.5) is 0 Å². The third-order valence-corrected chi connectivity index (χ3v) is 6.33. The summed E-state index contributed by atoms with van der Waals surface area (Å²) >= 11 is 0. The van der Waals surface area contributed by atoms with Crippen LogP contribution in [0.2, 0.25) is 0 Å². The molecule has 5 rings (SSSR count). The number of rotatable bonds is 9. The fraction of sp³-hybridized carbons (Fsp3) is 0.0909. The largest absolute Gasteiger partial charge is 0.497 e. The lowest BCUT2D eigenvalue weighted by Crippen LogP contribution is -2.09. The zero-order valence-corrected chi connectivity index (χ0v) is 22.2. The van der Waals surface area contributed by atoms with E-state index in [9.17, 15) is 9.59 Å². The second kappa shape index (κ2) is 11.6. The number of hydrogen-bond donors (Lipinski definition) is 0. The van der Waals surface area contributed by atoms with Crippen LogP contribution in [0.25, 0.3) is 28.4 Å². The quantitative estimate of drug-likeness (QED) is 0.0853. The molecule has 0 aliphatic carbocycles. The van der Waals surface area contributed by atoms with Crippen LogP contribution in [0.3, 0.4) is 0 Å². The van der Waals surface area contributed by atoms with Crippen LogP contribution in [-0.4, -0.2) is 33.1 Å². The number of carbonyl (C=O) groups excluding carboxylic acids is 2. The summed E-state index contributed by atoms with van der Waals surface area (Å²) < 4.78 is 27.7. The summed E-state index contributed by atoms with van der Waals surface area (Å²) in [5, 5.41) is 0.593. The fourth-order valence-electron chi connectivity index (χ4n) is 4.27. The first-order chi connectivity index (χ1) is 19.5. The van der Waals surface area contributed by atoms with E-state index < -0.39 is 5.97 Å². The van der Waals surface area contributed by atoms with Crippen LogP contribution in [-0.2, 0) is 0 Å². The number of methoxy groups -OCH3 is 3. The second-order valence-corrected chi connectivity index (χ2v) is 8.76. The first kappa shape index (κ1) is 26.3. The molecule has 4 aromatic carbocycles. The van der Waals surface area contributed by atoms with Crippen molar-refractivity contribution < 1.29 is 33.0 Å². The van der Waals surface area contributed by atoms with Crippen LogP contribution in [0.15, 0.2) is 101 Å². The molecule has 0 spiro atoms. The van der Waals surface area contributed by atoms with Crippen molar-refractivity contribution in [1.29, 1.82) is 0 Å². The van der Waals surface area contributed by atoms with E-state index in [2.05, 4.69) is 0 Å². The molecule has 0 aliphatic rings. The average Bonchev–Trinajstić information content (AvgIpc) is 3.39. The van der Waals surface area contributed by atoms with Crippen LogP contribution < -0.4 is 18.9 Å². The third-order valence-electron chi connectivity index (χ3n) is 6.33. The van der Waals surface area contributed by atoms with E-state index in [1.165, 1.54) is 13.2 Å². The molecule has 0 saturated carbocycles. The van der Waals surface area contributed by atoms with Crippen molar-refractivity contribution in [3.63, 3.8) is 0 Å². The van der Waals surface area contributed by atoms with Crippen molar-refractivity contribution in [1.82, 2.24) is 0 Å². The molecule has 7 nitrogen and oxygen atoms in total. The fourth-order valence-corrected chi connectivity index (χ4v) is 4.27. The minimum Gasteiger partial charge on any atom is -0.497 e. The summed E-state index contributed by atoms with van der Waals surface area (Å²) in [4.78, 5) is 26.2. The number of hydrogen-bond acceptors (Lipinski definition) is 7. The van der Waals surface area contributed by atoms with Gasteiger partial charge in [0, 0.05) is 17.0 Å². The summed E-state index contributed by atoms with van der Waals surface area (Å²) in [6.45, 7) is 0. The van der Waals surface area contributed by atoms with Gasteiger partial charge in [-0.15, -0.1) is 0 Å². The molecule has 0 N–H and O–H groups in total. The van der Waals surface area contributed by atoms with Gasteiger partial charge in [-0.25, -0.2) is 4.79 Å². The Kier molecular flexibility index (Phi) is 7.64. The molecule has 7 heteroatoms. The molecule has 200 valence electrons. The Morgan fingerprint density at radius 1 is 0.725 bits per heavy atom. The number of benzene rings is 4. The third kappa shape index (κ3) is 5.44. The van der Waals surface area contributed by atoms with Gasteiger partial charge >= 0.3 is 5.97 Å². The zero-order valence-electron chi connectivity index (χ0n) is 22.2. The van der Waals surface area contributed by atoms with Crippen molar-refractivity contribution in [2.75, 3.05) is 21.3 Å². The van der Waals surface area contributed by atoms with Crippen molar-refractivity contribution in [2.45, 2.75) is 0 Å². The summed E-state index contributed by atoms with van der Waals surface area (Å²) in [5.74, 6) is 1.61. The number of fused-ring (bicyclic) bond motifs is 1. The van der Waals surface area contributed by atoms with Gasteiger partial charge in [0.15, 0.2) is 5.78 Å². The first-order valence-electron chi connectivity index (χ1n) is 12.4. The second-order valence-electron chi connectivity index (χ2n) is 8.76. The molecule has 0 radical (unpaired) electrons. The number of furan rings is 1. The van der Waals surface area contributed by atoms with Crippen LogP contribution in [0, 0.1) is 0 Å². The molecule has 0 unspecified atom stereocenters. The minimum atomic E-state index is -0.559. The number of ketones is 1. The predicted octanol–water partition coefficient (Wildman–Crippen LogP) is 7.24. The summed E-state index contributed by atoms with van der Waals surface area (Å²) in [5.41, 5.74) is 2.78. The standard InChI is InChI=1S/C33H26O7/c1-36-24-15-18-29-27(19-24)31(32(40-29)22-7-5-4-6-8-22)33(35)39-23-12-9-21(10-13-23)11-17-28(34)26-16-14-25(37-2)20-30(26)38-3/h4-20H,1-3H3/b17-11+. The zero-order chi connectivity index (χ0) is 28.1. The lowest BCUT2D eigenvalue weighted by Gasteiger charge is -2.08. The molecule has 40 heavy (non-hydrogen) atoms. The lowest BCUT2D eigenvalue weighted by atomic mass is 10.1. The minimum absolute atomic E-state index is 0.217. The SMILES string of the molecule is COc1ccc(C(=O)/C=C/c2ccc(OC(=O)c3c(-c4ccccc4)oc4ccc(OC)cc34)cc2)c(OC)c1. The monoisotopic (exact) mass is 534 g/mol. The number of carbonyl (C=O) groups is 2. The number of ether oxygens (including phenoxy) is 4. The van der Waals surface area contributed by atoms with Crippen LogP contribution in [0.5, 0.6) is 23.0 Å². The van der Waals surface area contributed by atoms with E-state index in [1.807, 2.05) is 30.3 Å². The van der Waals surface area contributed by atoms with Gasteiger partial charge in [0.25, 0.3) is 0 Å². The normalized spacial score (nSPS) is 11.0. The molecule has 5 aromatic rings. The smallest absolute Gasteiger partial charge is 0.348 e. The van der Waals surface area contributed by atoms with Crippen molar-refractivity contribution in [3.8, 4) is 34.3 Å². The average molecular weight is 535 g/mol. The Bertz CT molecular complexity index is 1700. The van der Waals surface area contributed by atoms with E-state index in [-0.39, 0.29) is 5.78 Å². The Morgan fingerprint density at radius 3 is 2.10 bits per heavy atom. The molecule has 0 aliphatic heterocycles. The Labute approximate surface area is 231 Å². The summed E-state index contributed by atoms with van der Waals surface area (Å²) in [6, 6.07) is 26.5. The topological polar surface area (TPSA) is 84.2 Å². The van der Waals surface area contributed by atoms with E-state index in [4.69, 9.17) is 23.4 Å². The van der Waals surface area contributed by atoms with E-state index in [0.29, 0.717) is 50.9 Å². The number of allylic oxidation sites excluding steroid dienone is 1. The predicted molar refractivity (Wildman–Crippen MR) is 153 cm³/mol. The van der Waals surface area contributed by atoms with Gasteiger partial charge in [-0.2, -0.15) is 0 Å². The van der Waals surface area contributed by atoms with E-state index >= 15 is 0 Å². The highest BCUT2D eigenvalue weighted by atomic mass is 16.5. The Balaban J connectivity index is 1.37. The van der Waals surface area contributed by atoms with E-state index in [0.717, 1.165) is 11.1 Å². The molecule has 1 aromatic heterocycles. The van der Waals surface area contributed by atoms with Gasteiger partial charge in [0.05, 0.1) is 26.9 Å². The highest BCUT2D eigenvalue weighted by molar-refractivity contribution is 6.10. The number of esters is 1. The summed E-state index contributed by atoms with van der Waals surface area (Å²) in [6.07, 6.45) is 3.14. The molecular formula is C33H26O7. The molecule has 0 saturated heterocycles. The van der Waals surface area contributed by atoms with Crippen molar-refractivity contribution in [2.24, 2.45) is 0 Å². The maximum Gasteiger partial charge on any atom is 0.348 e. The van der Waals surface area contributed by atoms with Gasteiger partial charge in [0.1, 0.15) is 39.9 Å². The molecule has 0 fully saturated rings. The van der Waals surface area contributed by atoms with Gasteiger partial charge < -0.3 is 23.4 Å². The van der Waals surface area contributed by atoms with Gasteiger partial charge in [-0.1, -0.05) is 48.5 Å². The highest BCUT2D eigenvalue weighted by Crippen LogP contribution is 2.36. The van der Waals surface area contributed by atoms with Crippen LogP contribution >= 0.6 is 0 Å². The van der Waals surface area contributed by atoms with Gasteiger partial charge in [-0.3, -0.25) is 4.79 Å². The lowest BCUT2D eigenvalue weighted by molar-refractivity contribution is 0.0736. The highest BCUT2D eigenvalue weighted by Gasteiger charge is 2.24. The molecular weight excluding hydrogens is 508 g/mol. The molecule has 0 bridgehead atoms. The Morgan fingerprint density at radius 2 is 1.40 bits per heavy atom. The first-order valence-corrected chi connectivity index (χ1v) is 12.4. The summed E-state index contributed by atoms with van der Waals surface area (Å²) in [7, 11) is 4.61. The van der Waals surface area contributed by atoms with Gasteiger partial charge in [-0.05, 0) is 54.1 Å². The molecule has 1 heterocycles.